The van der Waals surface area contributed by atoms with E-state index in [1.54, 1.807) is 0 Å². The Kier molecular flexibility index (Phi) is 3.51. The van der Waals surface area contributed by atoms with Gasteiger partial charge in [0.1, 0.15) is 5.69 Å². The zero-order valence-corrected chi connectivity index (χ0v) is 10.3. The summed E-state index contributed by atoms with van der Waals surface area (Å²) in [7, 11) is 0. The van der Waals surface area contributed by atoms with Crippen molar-refractivity contribution in [3.05, 3.63) is 28.7 Å². The first-order valence-corrected chi connectivity index (χ1v) is 6.17. The number of halogens is 3. The number of nitrogens with zero attached hydrogens (tertiary/aromatic N) is 2. The van der Waals surface area contributed by atoms with E-state index in [2.05, 4.69) is 15.3 Å². The Morgan fingerprint density at radius 1 is 1.22 bits per heavy atom. The molecule has 0 spiro atoms. The van der Waals surface area contributed by atoms with Crippen molar-refractivity contribution in [2.75, 3.05) is 11.9 Å². The van der Waals surface area contributed by atoms with Crippen molar-refractivity contribution in [3.63, 3.8) is 0 Å². The molecule has 1 N–H and O–H groups in total. The second-order valence-electron chi connectivity index (χ2n) is 3.48. The van der Waals surface area contributed by atoms with E-state index in [0.717, 1.165) is 16.7 Å². The Morgan fingerprint density at radius 3 is 2.61 bits per heavy atom. The van der Waals surface area contributed by atoms with Gasteiger partial charge in [0.2, 0.25) is 0 Å². The van der Waals surface area contributed by atoms with Crippen molar-refractivity contribution in [1.29, 1.82) is 0 Å². The second-order valence-corrected chi connectivity index (χ2v) is 4.22. The molecule has 0 saturated carbocycles. The van der Waals surface area contributed by atoms with Crippen molar-refractivity contribution in [1.82, 2.24) is 9.97 Å². The average molecular weight is 273 g/mol. The fourth-order valence-electron chi connectivity index (χ4n) is 1.53. The third kappa shape index (κ3) is 2.45. The molecule has 2 heterocycles. The van der Waals surface area contributed by atoms with Gasteiger partial charge in [-0.1, -0.05) is 0 Å². The molecular weight excluding hydrogens is 263 g/mol. The van der Waals surface area contributed by atoms with Crippen LogP contribution in [-0.2, 0) is 6.18 Å². The molecule has 0 bridgehead atoms. The van der Waals surface area contributed by atoms with Crippen LogP contribution in [0.3, 0.4) is 0 Å². The van der Waals surface area contributed by atoms with E-state index < -0.39 is 11.7 Å². The van der Waals surface area contributed by atoms with Gasteiger partial charge in [0.25, 0.3) is 0 Å². The van der Waals surface area contributed by atoms with E-state index in [1.165, 1.54) is 17.8 Å². The van der Waals surface area contributed by atoms with Gasteiger partial charge in [0, 0.05) is 35.3 Å². The Morgan fingerprint density at radius 2 is 1.94 bits per heavy atom. The smallest absolute Gasteiger partial charge is 0.369 e. The van der Waals surface area contributed by atoms with Gasteiger partial charge in [-0.15, -0.1) is 0 Å². The highest BCUT2D eigenvalue weighted by molar-refractivity contribution is 7.08. The molecule has 0 aromatic carbocycles. The minimum absolute atomic E-state index is 0.0663. The van der Waals surface area contributed by atoms with Crippen molar-refractivity contribution >= 4 is 17.2 Å². The maximum atomic E-state index is 12.8. The summed E-state index contributed by atoms with van der Waals surface area (Å²) in [6.45, 7) is 2.41. The summed E-state index contributed by atoms with van der Waals surface area (Å²) < 4.78 is 38.5. The lowest BCUT2D eigenvalue weighted by atomic mass is 10.1. The predicted molar refractivity (Wildman–Crippen MR) is 64.5 cm³/mol. The molecule has 0 unspecified atom stereocenters. The molecule has 0 aliphatic carbocycles. The van der Waals surface area contributed by atoms with Crippen LogP contribution in [0.5, 0.6) is 0 Å². The van der Waals surface area contributed by atoms with Gasteiger partial charge in [-0.3, -0.25) is 4.98 Å². The molecule has 2 aromatic rings. The predicted octanol–water partition coefficient (Wildman–Crippen LogP) is 3.66. The molecule has 0 fully saturated rings. The third-order valence-corrected chi connectivity index (χ3v) is 3.01. The zero-order valence-electron chi connectivity index (χ0n) is 9.45. The number of alkyl halides is 3. The largest absolute Gasteiger partial charge is 0.417 e. The van der Waals surface area contributed by atoms with Gasteiger partial charge in [0.05, 0.1) is 5.56 Å². The van der Waals surface area contributed by atoms with Crippen LogP contribution in [0.25, 0.3) is 11.3 Å². The van der Waals surface area contributed by atoms with Crippen LogP contribution in [0.4, 0.5) is 19.0 Å². The van der Waals surface area contributed by atoms with Gasteiger partial charge in [-0.2, -0.15) is 24.5 Å². The Labute approximate surface area is 106 Å². The van der Waals surface area contributed by atoms with Crippen LogP contribution < -0.4 is 5.32 Å². The van der Waals surface area contributed by atoms with Crippen molar-refractivity contribution in [2.45, 2.75) is 13.1 Å². The molecule has 96 valence electrons. The summed E-state index contributed by atoms with van der Waals surface area (Å²) in [5, 5.41) is 5.43. The number of hydrogen-bond donors (Lipinski definition) is 1. The van der Waals surface area contributed by atoms with Crippen molar-refractivity contribution < 1.29 is 13.2 Å². The minimum Gasteiger partial charge on any atom is -0.369 e. The van der Waals surface area contributed by atoms with E-state index in [0.29, 0.717) is 12.4 Å². The van der Waals surface area contributed by atoms with E-state index >= 15 is 0 Å². The fourth-order valence-corrected chi connectivity index (χ4v) is 2.37. The highest BCUT2D eigenvalue weighted by Gasteiger charge is 2.35. The van der Waals surface area contributed by atoms with Gasteiger partial charge < -0.3 is 5.32 Å². The fraction of sp³-hybridized carbons (Fsp3) is 0.273. The lowest BCUT2D eigenvalue weighted by Crippen LogP contribution is -2.07. The van der Waals surface area contributed by atoms with Gasteiger partial charge in [-0.05, 0) is 6.92 Å². The summed E-state index contributed by atoms with van der Waals surface area (Å²) in [4.78, 5) is 8.01. The lowest BCUT2D eigenvalue weighted by molar-refractivity contribution is -0.136. The number of thiophene rings is 1. The highest BCUT2D eigenvalue weighted by atomic mass is 32.1. The summed E-state index contributed by atoms with van der Waals surface area (Å²) in [5.74, 6) is 0.365. The minimum atomic E-state index is -4.38. The number of nitrogens with one attached hydrogen (secondary N) is 1. The molecule has 0 amide bonds. The lowest BCUT2D eigenvalue weighted by Gasteiger charge is -2.10. The molecular formula is C11H10F3N3S. The monoisotopic (exact) mass is 273 g/mol. The van der Waals surface area contributed by atoms with E-state index in [1.807, 2.05) is 6.92 Å². The molecule has 0 atom stereocenters. The maximum Gasteiger partial charge on any atom is 0.417 e. The van der Waals surface area contributed by atoms with Crippen LogP contribution in [0, 0.1) is 0 Å². The topological polar surface area (TPSA) is 37.8 Å². The van der Waals surface area contributed by atoms with Gasteiger partial charge in [0.15, 0.2) is 5.82 Å². The standard InChI is InChI=1S/C11H10F3N3S/c1-2-15-10-9(16-3-4-17-10)7-5-18-6-8(7)11(12,13)14/h3-6H,2H2,1H3,(H,15,17). The normalized spacial score (nSPS) is 11.6. The van der Waals surface area contributed by atoms with E-state index in [-0.39, 0.29) is 11.3 Å². The zero-order chi connectivity index (χ0) is 13.2. The molecule has 0 radical (unpaired) electrons. The summed E-state index contributed by atoms with van der Waals surface area (Å²) in [6, 6.07) is 0. The van der Waals surface area contributed by atoms with Crippen LogP contribution in [0.15, 0.2) is 23.2 Å². The van der Waals surface area contributed by atoms with Gasteiger partial charge >= 0.3 is 6.18 Å². The van der Waals surface area contributed by atoms with Crippen molar-refractivity contribution in [3.8, 4) is 11.3 Å². The number of rotatable bonds is 3. The number of hydrogen-bond acceptors (Lipinski definition) is 4. The molecule has 0 aliphatic rings. The third-order valence-electron chi connectivity index (χ3n) is 2.26. The average Bonchev–Trinajstić information content (AvgIpc) is 2.78. The number of aromatic nitrogens is 2. The maximum absolute atomic E-state index is 12.8. The first-order chi connectivity index (χ1) is 8.54. The molecule has 2 rings (SSSR count). The van der Waals surface area contributed by atoms with Crippen molar-refractivity contribution in [2.24, 2.45) is 0 Å². The molecule has 7 heteroatoms. The first kappa shape index (κ1) is 12.8. The van der Waals surface area contributed by atoms with Crippen LogP contribution >= 0.6 is 11.3 Å². The summed E-state index contributed by atoms with van der Waals surface area (Å²) in [6.07, 6.45) is -1.55. The Hall–Kier alpha value is -1.63. The molecule has 18 heavy (non-hydrogen) atoms. The quantitative estimate of drug-likeness (QED) is 0.927. The Bertz CT molecular complexity index is 536. The highest BCUT2D eigenvalue weighted by Crippen LogP contribution is 2.40. The van der Waals surface area contributed by atoms with Crippen LogP contribution in [-0.4, -0.2) is 16.5 Å². The first-order valence-electron chi connectivity index (χ1n) is 5.22. The molecule has 0 aliphatic heterocycles. The SMILES string of the molecule is CCNc1nccnc1-c1cscc1C(F)(F)F. The van der Waals surface area contributed by atoms with Crippen LogP contribution in [0.2, 0.25) is 0 Å². The van der Waals surface area contributed by atoms with E-state index in [9.17, 15) is 13.2 Å². The summed E-state index contributed by atoms with van der Waals surface area (Å²) in [5.41, 5.74) is -0.378. The van der Waals surface area contributed by atoms with Crippen LogP contribution in [0.1, 0.15) is 12.5 Å². The van der Waals surface area contributed by atoms with Gasteiger partial charge in [-0.25, -0.2) is 4.98 Å². The molecule has 2 aromatic heterocycles. The molecule has 0 saturated heterocycles. The molecule has 3 nitrogen and oxygen atoms in total. The summed E-state index contributed by atoms with van der Waals surface area (Å²) >= 11 is 0.999. The Balaban J connectivity index is 2.53. The van der Waals surface area contributed by atoms with E-state index in [4.69, 9.17) is 0 Å². The second kappa shape index (κ2) is 4.93. The number of anilines is 1.